The van der Waals surface area contributed by atoms with Crippen LogP contribution >= 0.6 is 0 Å². The molecule has 0 aliphatic heterocycles. The van der Waals surface area contributed by atoms with Crippen molar-refractivity contribution in [1.29, 1.82) is 0 Å². The smallest absolute Gasteiger partial charge is 0.316 e. The molecule has 0 saturated carbocycles. The summed E-state index contributed by atoms with van der Waals surface area (Å²) < 4.78 is 0. The van der Waals surface area contributed by atoms with E-state index in [1.807, 2.05) is 31.2 Å². The van der Waals surface area contributed by atoms with Crippen molar-refractivity contribution in [3.63, 3.8) is 0 Å². The average molecular weight is 235 g/mol. The van der Waals surface area contributed by atoms with Crippen molar-refractivity contribution in [2.24, 2.45) is 5.92 Å². The van der Waals surface area contributed by atoms with Gasteiger partial charge < -0.3 is 10.4 Å². The summed E-state index contributed by atoms with van der Waals surface area (Å²) in [6.45, 7) is 4.01. The second kappa shape index (κ2) is 6.03. The van der Waals surface area contributed by atoms with Crippen LogP contribution in [0.4, 0.5) is 0 Å². The Morgan fingerprint density at radius 2 is 2.00 bits per heavy atom. The molecule has 17 heavy (non-hydrogen) atoms. The Bertz CT molecular complexity index is 415. The lowest BCUT2D eigenvalue weighted by molar-refractivity contribution is -0.147. The summed E-state index contributed by atoms with van der Waals surface area (Å²) in [4.78, 5) is 22.4. The molecule has 1 aromatic rings. The van der Waals surface area contributed by atoms with Crippen LogP contribution in [0.25, 0.3) is 0 Å². The van der Waals surface area contributed by atoms with Crippen LogP contribution in [0.3, 0.4) is 0 Å². The number of nitrogens with one attached hydrogen (secondary N) is 1. The zero-order valence-corrected chi connectivity index (χ0v) is 10.1. The summed E-state index contributed by atoms with van der Waals surface area (Å²) in [7, 11) is 0. The van der Waals surface area contributed by atoms with Crippen LogP contribution in [0.1, 0.15) is 24.5 Å². The van der Waals surface area contributed by atoms with E-state index in [2.05, 4.69) is 5.32 Å². The maximum Gasteiger partial charge on any atom is 0.316 e. The Morgan fingerprint density at radius 3 is 2.53 bits per heavy atom. The molecule has 1 aromatic carbocycles. The Labute approximate surface area is 101 Å². The second-order valence-electron chi connectivity index (χ2n) is 3.94. The normalized spacial score (nSPS) is 11.9. The van der Waals surface area contributed by atoms with Gasteiger partial charge in [-0.3, -0.25) is 9.59 Å². The summed E-state index contributed by atoms with van der Waals surface area (Å²) >= 11 is 0. The molecule has 0 aromatic heterocycles. The highest BCUT2D eigenvalue weighted by Gasteiger charge is 2.23. The lowest BCUT2D eigenvalue weighted by Gasteiger charge is -2.11. The largest absolute Gasteiger partial charge is 0.481 e. The molecule has 0 aliphatic rings. The van der Waals surface area contributed by atoms with Crippen molar-refractivity contribution in [1.82, 2.24) is 5.32 Å². The Kier molecular flexibility index (Phi) is 4.69. The summed E-state index contributed by atoms with van der Waals surface area (Å²) in [5.74, 6) is -2.46. The van der Waals surface area contributed by atoms with E-state index in [0.717, 1.165) is 11.1 Å². The van der Waals surface area contributed by atoms with Gasteiger partial charge in [-0.15, -0.1) is 0 Å². The first kappa shape index (κ1) is 13.2. The molecule has 1 rings (SSSR count). The molecule has 0 fully saturated rings. The van der Waals surface area contributed by atoms with Crippen molar-refractivity contribution in [2.45, 2.75) is 26.8 Å². The van der Waals surface area contributed by atoms with Gasteiger partial charge in [-0.1, -0.05) is 31.2 Å². The van der Waals surface area contributed by atoms with Gasteiger partial charge >= 0.3 is 5.97 Å². The Morgan fingerprint density at radius 1 is 1.35 bits per heavy atom. The molecule has 0 bridgehead atoms. The summed E-state index contributed by atoms with van der Waals surface area (Å²) in [6, 6.07) is 7.68. The van der Waals surface area contributed by atoms with Crippen LogP contribution < -0.4 is 5.32 Å². The minimum atomic E-state index is -1.07. The first-order valence-corrected chi connectivity index (χ1v) is 5.61. The number of amides is 1. The van der Waals surface area contributed by atoms with Gasteiger partial charge in [0.25, 0.3) is 0 Å². The van der Waals surface area contributed by atoms with E-state index in [9.17, 15) is 9.59 Å². The number of hydrogen-bond donors (Lipinski definition) is 2. The van der Waals surface area contributed by atoms with Crippen LogP contribution in [0.5, 0.6) is 0 Å². The van der Waals surface area contributed by atoms with Crippen LogP contribution in [0.2, 0.25) is 0 Å². The summed E-state index contributed by atoms with van der Waals surface area (Å²) in [5, 5.41) is 11.5. The van der Waals surface area contributed by atoms with Gasteiger partial charge in [-0.2, -0.15) is 0 Å². The van der Waals surface area contributed by atoms with Gasteiger partial charge in [-0.25, -0.2) is 0 Å². The number of benzene rings is 1. The predicted molar refractivity (Wildman–Crippen MR) is 64.4 cm³/mol. The maximum absolute atomic E-state index is 11.6. The quantitative estimate of drug-likeness (QED) is 0.764. The fourth-order valence-corrected chi connectivity index (χ4v) is 1.59. The number of aliphatic carboxylic acids is 1. The predicted octanol–water partition coefficient (Wildman–Crippen LogP) is 1.72. The molecule has 0 heterocycles. The van der Waals surface area contributed by atoms with Gasteiger partial charge in [0.1, 0.15) is 5.92 Å². The third kappa shape index (κ3) is 3.59. The van der Waals surface area contributed by atoms with Gasteiger partial charge in [0, 0.05) is 6.54 Å². The number of carboxylic acids is 1. The van der Waals surface area contributed by atoms with E-state index < -0.39 is 17.8 Å². The third-order valence-electron chi connectivity index (χ3n) is 2.74. The SMILES string of the molecule is CCC(C(=O)O)C(=O)NCc1ccccc1C. The molecule has 2 N–H and O–H groups in total. The summed E-state index contributed by atoms with van der Waals surface area (Å²) in [5.41, 5.74) is 2.08. The minimum absolute atomic E-state index is 0.301. The molecule has 1 atom stereocenters. The number of carbonyl (C=O) groups excluding carboxylic acids is 1. The number of hydrogen-bond acceptors (Lipinski definition) is 2. The molecule has 0 aliphatic carbocycles. The topological polar surface area (TPSA) is 66.4 Å². The average Bonchev–Trinajstić information content (AvgIpc) is 2.28. The van der Waals surface area contributed by atoms with Crippen LogP contribution in [0.15, 0.2) is 24.3 Å². The monoisotopic (exact) mass is 235 g/mol. The standard InChI is InChI=1S/C13H17NO3/c1-3-11(13(16)17)12(15)14-8-10-7-5-4-6-9(10)2/h4-7,11H,3,8H2,1-2H3,(H,14,15)(H,16,17). The van der Waals surface area contributed by atoms with Gasteiger partial charge in [0.15, 0.2) is 0 Å². The molecule has 1 amide bonds. The van der Waals surface area contributed by atoms with E-state index in [4.69, 9.17) is 5.11 Å². The van der Waals surface area contributed by atoms with E-state index in [-0.39, 0.29) is 0 Å². The molecule has 4 nitrogen and oxygen atoms in total. The molecule has 92 valence electrons. The van der Waals surface area contributed by atoms with Crippen molar-refractivity contribution in [3.8, 4) is 0 Å². The minimum Gasteiger partial charge on any atom is -0.481 e. The number of aryl methyl sites for hydroxylation is 1. The zero-order valence-electron chi connectivity index (χ0n) is 10.1. The fourth-order valence-electron chi connectivity index (χ4n) is 1.59. The van der Waals surface area contributed by atoms with Gasteiger partial charge in [0.05, 0.1) is 0 Å². The third-order valence-corrected chi connectivity index (χ3v) is 2.74. The van der Waals surface area contributed by atoms with Gasteiger partial charge in [0.2, 0.25) is 5.91 Å². The van der Waals surface area contributed by atoms with E-state index in [0.29, 0.717) is 13.0 Å². The van der Waals surface area contributed by atoms with Crippen molar-refractivity contribution < 1.29 is 14.7 Å². The first-order valence-electron chi connectivity index (χ1n) is 5.61. The highest BCUT2D eigenvalue weighted by atomic mass is 16.4. The van der Waals surface area contributed by atoms with Crippen molar-refractivity contribution >= 4 is 11.9 Å². The van der Waals surface area contributed by atoms with Crippen LogP contribution in [-0.4, -0.2) is 17.0 Å². The van der Waals surface area contributed by atoms with E-state index in [1.165, 1.54) is 0 Å². The van der Waals surface area contributed by atoms with Crippen molar-refractivity contribution in [2.75, 3.05) is 0 Å². The maximum atomic E-state index is 11.6. The Balaban J connectivity index is 2.59. The highest BCUT2D eigenvalue weighted by Crippen LogP contribution is 2.08. The number of carbonyl (C=O) groups is 2. The molecule has 1 unspecified atom stereocenters. The van der Waals surface area contributed by atoms with E-state index >= 15 is 0 Å². The molecule has 4 heteroatoms. The molecule has 0 radical (unpaired) electrons. The fraction of sp³-hybridized carbons (Fsp3) is 0.385. The number of carboxylic acid groups (broad SMARTS) is 1. The van der Waals surface area contributed by atoms with Crippen LogP contribution in [-0.2, 0) is 16.1 Å². The molecular formula is C13H17NO3. The van der Waals surface area contributed by atoms with E-state index in [1.54, 1.807) is 6.92 Å². The van der Waals surface area contributed by atoms with Gasteiger partial charge in [-0.05, 0) is 24.5 Å². The zero-order chi connectivity index (χ0) is 12.8. The lowest BCUT2D eigenvalue weighted by Crippen LogP contribution is -2.34. The first-order chi connectivity index (χ1) is 8.06. The number of rotatable bonds is 5. The Hall–Kier alpha value is -1.84. The molecule has 0 saturated heterocycles. The summed E-state index contributed by atoms with van der Waals surface area (Å²) in [6.07, 6.45) is 0.301. The molecule has 0 spiro atoms. The van der Waals surface area contributed by atoms with Crippen molar-refractivity contribution in [3.05, 3.63) is 35.4 Å². The second-order valence-corrected chi connectivity index (χ2v) is 3.94. The highest BCUT2D eigenvalue weighted by molar-refractivity contribution is 5.96. The molecular weight excluding hydrogens is 218 g/mol. The lowest BCUT2D eigenvalue weighted by atomic mass is 10.1. The van der Waals surface area contributed by atoms with Crippen LogP contribution in [0, 0.1) is 12.8 Å².